The molecule has 1 amide bonds. The first kappa shape index (κ1) is 27.5. The molecule has 39 heavy (non-hydrogen) atoms. The molecule has 0 fully saturated rings. The number of nitrogens with one attached hydrogen (secondary N) is 2. The lowest BCUT2D eigenvalue weighted by Gasteiger charge is -2.11. The molecule has 0 unspecified atom stereocenters. The van der Waals surface area contributed by atoms with Crippen LogP contribution in [0, 0.1) is 0 Å². The smallest absolute Gasteiger partial charge is 0.417 e. The van der Waals surface area contributed by atoms with Gasteiger partial charge in [-0.15, -0.1) is 0 Å². The van der Waals surface area contributed by atoms with Crippen LogP contribution in [0.1, 0.15) is 16.7 Å². The summed E-state index contributed by atoms with van der Waals surface area (Å²) in [5.41, 5.74) is 0.589. The van der Waals surface area contributed by atoms with Crippen LogP contribution in [0.2, 0.25) is 5.02 Å². The predicted molar refractivity (Wildman–Crippen MR) is 143 cm³/mol. The van der Waals surface area contributed by atoms with E-state index in [0.717, 1.165) is 23.4 Å². The first-order valence-corrected chi connectivity index (χ1v) is 11.9. The molecule has 1 aromatic heterocycles. The van der Waals surface area contributed by atoms with E-state index in [1.165, 1.54) is 18.2 Å². The molecule has 0 aliphatic rings. The predicted octanol–water partition coefficient (Wildman–Crippen LogP) is 7.21. The van der Waals surface area contributed by atoms with Crippen LogP contribution < -0.4 is 20.1 Å². The number of halogens is 4. The van der Waals surface area contributed by atoms with Gasteiger partial charge in [0.1, 0.15) is 11.5 Å². The molecule has 0 atom stereocenters. The van der Waals surface area contributed by atoms with E-state index < -0.39 is 22.7 Å². The van der Waals surface area contributed by atoms with Crippen molar-refractivity contribution in [2.75, 3.05) is 17.7 Å². The summed E-state index contributed by atoms with van der Waals surface area (Å²) in [7, 11) is 1.61. The van der Waals surface area contributed by atoms with Crippen molar-refractivity contribution in [3.63, 3.8) is 0 Å². The Labute approximate surface area is 227 Å². The topological polar surface area (TPSA) is 85.4 Å². The van der Waals surface area contributed by atoms with E-state index in [1.54, 1.807) is 43.6 Å². The number of amides is 1. The summed E-state index contributed by atoms with van der Waals surface area (Å²) >= 11 is 5.62. The monoisotopic (exact) mass is 554 g/mol. The quantitative estimate of drug-likeness (QED) is 0.213. The second-order valence-electron chi connectivity index (χ2n) is 8.11. The van der Waals surface area contributed by atoms with Crippen LogP contribution in [-0.4, -0.2) is 23.0 Å². The standard InChI is InChI=1S/C28H22ClF3N4O3/c1-38-21-9-5-19(6-10-21)17-34-27-33-14-13-26(36-27)39-22-4-2-3-18(15-22)7-12-25(37)35-20-8-11-24(29)23(16-20)28(30,31)32/h2-16H,17H2,1H3,(H,35,37)(H,33,34,36). The number of anilines is 2. The maximum Gasteiger partial charge on any atom is 0.417 e. The lowest BCUT2D eigenvalue weighted by atomic mass is 10.2. The molecule has 7 nitrogen and oxygen atoms in total. The molecule has 11 heteroatoms. The van der Waals surface area contributed by atoms with Gasteiger partial charge in [0.25, 0.3) is 0 Å². The van der Waals surface area contributed by atoms with Gasteiger partial charge in [0, 0.05) is 30.6 Å². The molecule has 4 aromatic rings. The fourth-order valence-electron chi connectivity index (χ4n) is 3.39. The van der Waals surface area contributed by atoms with Crippen molar-refractivity contribution >= 4 is 35.2 Å². The molecule has 3 aromatic carbocycles. The summed E-state index contributed by atoms with van der Waals surface area (Å²) in [4.78, 5) is 20.8. The zero-order chi connectivity index (χ0) is 27.8. The maximum absolute atomic E-state index is 13.0. The zero-order valence-corrected chi connectivity index (χ0v) is 21.3. The van der Waals surface area contributed by atoms with Gasteiger partial charge in [-0.1, -0.05) is 35.9 Å². The second-order valence-corrected chi connectivity index (χ2v) is 8.52. The maximum atomic E-state index is 13.0. The number of nitrogens with zero attached hydrogens (tertiary/aromatic N) is 2. The van der Waals surface area contributed by atoms with E-state index >= 15 is 0 Å². The Morgan fingerprint density at radius 2 is 1.82 bits per heavy atom. The van der Waals surface area contributed by atoms with Crippen LogP contribution in [-0.2, 0) is 17.5 Å². The summed E-state index contributed by atoms with van der Waals surface area (Å²) in [6.07, 6.45) is -0.365. The van der Waals surface area contributed by atoms with Crippen molar-refractivity contribution < 1.29 is 27.4 Å². The van der Waals surface area contributed by atoms with E-state index in [0.29, 0.717) is 29.7 Å². The molecule has 0 aliphatic carbocycles. The Morgan fingerprint density at radius 1 is 1.03 bits per heavy atom. The molecule has 0 bridgehead atoms. The lowest BCUT2D eigenvalue weighted by molar-refractivity contribution is -0.137. The average Bonchev–Trinajstić information content (AvgIpc) is 2.92. The summed E-state index contributed by atoms with van der Waals surface area (Å²) in [6.45, 7) is 0.503. The van der Waals surface area contributed by atoms with Gasteiger partial charge < -0.3 is 20.1 Å². The molecule has 0 saturated heterocycles. The number of alkyl halides is 3. The first-order valence-electron chi connectivity index (χ1n) is 11.5. The van der Waals surface area contributed by atoms with Crippen LogP contribution in [0.15, 0.2) is 85.1 Å². The van der Waals surface area contributed by atoms with Crippen molar-refractivity contribution in [1.82, 2.24) is 9.97 Å². The molecule has 0 saturated carbocycles. The minimum atomic E-state index is -4.63. The number of carbonyl (C=O) groups is 1. The van der Waals surface area contributed by atoms with E-state index in [1.807, 2.05) is 24.3 Å². The third kappa shape index (κ3) is 7.96. The van der Waals surface area contributed by atoms with Crippen molar-refractivity contribution in [3.05, 3.63) is 107 Å². The summed E-state index contributed by atoms with van der Waals surface area (Å²) in [5.74, 6) is 1.31. The summed E-state index contributed by atoms with van der Waals surface area (Å²) < 4.78 is 50.1. The van der Waals surface area contributed by atoms with Crippen molar-refractivity contribution in [3.8, 4) is 17.4 Å². The van der Waals surface area contributed by atoms with E-state index in [9.17, 15) is 18.0 Å². The highest BCUT2D eigenvalue weighted by molar-refractivity contribution is 6.31. The number of rotatable bonds is 9. The number of ether oxygens (including phenoxy) is 2. The zero-order valence-electron chi connectivity index (χ0n) is 20.5. The number of carbonyl (C=O) groups excluding carboxylic acids is 1. The minimum Gasteiger partial charge on any atom is -0.497 e. The fraction of sp³-hybridized carbons (Fsp3) is 0.107. The molecule has 0 aliphatic heterocycles. The van der Waals surface area contributed by atoms with E-state index in [4.69, 9.17) is 21.1 Å². The number of benzene rings is 3. The molecule has 200 valence electrons. The molecular weight excluding hydrogens is 533 g/mol. The van der Waals surface area contributed by atoms with Crippen LogP contribution in [0.3, 0.4) is 0 Å². The second kappa shape index (κ2) is 12.3. The number of hydrogen-bond acceptors (Lipinski definition) is 6. The normalized spacial score (nSPS) is 11.3. The average molecular weight is 555 g/mol. The Morgan fingerprint density at radius 3 is 2.56 bits per heavy atom. The minimum absolute atomic E-state index is 0.0291. The van der Waals surface area contributed by atoms with E-state index in [2.05, 4.69) is 20.6 Å². The van der Waals surface area contributed by atoms with Gasteiger partial charge in [0.15, 0.2) is 0 Å². The third-order valence-electron chi connectivity index (χ3n) is 5.29. The number of aromatic nitrogens is 2. The van der Waals surface area contributed by atoms with Gasteiger partial charge in [0.05, 0.1) is 17.7 Å². The SMILES string of the molecule is COc1ccc(CNc2nccc(Oc3cccc(C=CC(=O)Nc4ccc(Cl)c(C(F)(F)F)c4)c3)n2)cc1. The highest BCUT2D eigenvalue weighted by Crippen LogP contribution is 2.36. The summed E-state index contributed by atoms with van der Waals surface area (Å²) in [5, 5.41) is 5.08. The Balaban J connectivity index is 1.36. The first-order chi connectivity index (χ1) is 18.7. The van der Waals surface area contributed by atoms with Gasteiger partial charge in [-0.3, -0.25) is 4.79 Å². The molecule has 2 N–H and O–H groups in total. The van der Waals surface area contributed by atoms with Gasteiger partial charge in [-0.25, -0.2) is 4.98 Å². The van der Waals surface area contributed by atoms with Crippen LogP contribution in [0.25, 0.3) is 6.08 Å². The van der Waals surface area contributed by atoms with Crippen LogP contribution in [0.5, 0.6) is 17.4 Å². The van der Waals surface area contributed by atoms with Gasteiger partial charge >= 0.3 is 6.18 Å². The largest absolute Gasteiger partial charge is 0.497 e. The van der Waals surface area contributed by atoms with Gasteiger partial charge in [-0.2, -0.15) is 18.2 Å². The Kier molecular flexibility index (Phi) is 8.67. The molecule has 0 radical (unpaired) electrons. The number of hydrogen-bond donors (Lipinski definition) is 2. The van der Waals surface area contributed by atoms with Gasteiger partial charge in [0.2, 0.25) is 17.7 Å². The lowest BCUT2D eigenvalue weighted by Crippen LogP contribution is -2.11. The third-order valence-corrected chi connectivity index (χ3v) is 5.62. The fourth-order valence-corrected chi connectivity index (χ4v) is 3.61. The van der Waals surface area contributed by atoms with Crippen LogP contribution >= 0.6 is 11.6 Å². The van der Waals surface area contributed by atoms with Crippen LogP contribution in [0.4, 0.5) is 24.8 Å². The molecular formula is C28H22ClF3N4O3. The van der Waals surface area contributed by atoms with Crippen molar-refractivity contribution in [2.45, 2.75) is 12.7 Å². The molecule has 0 spiro atoms. The number of methoxy groups -OCH3 is 1. The van der Waals surface area contributed by atoms with Crippen molar-refractivity contribution in [2.24, 2.45) is 0 Å². The highest BCUT2D eigenvalue weighted by Gasteiger charge is 2.33. The van der Waals surface area contributed by atoms with Crippen molar-refractivity contribution in [1.29, 1.82) is 0 Å². The Bertz CT molecular complexity index is 1480. The van der Waals surface area contributed by atoms with E-state index in [-0.39, 0.29) is 5.69 Å². The molecule has 4 rings (SSSR count). The summed E-state index contributed by atoms with van der Waals surface area (Å²) in [6, 6.07) is 19.2. The highest BCUT2D eigenvalue weighted by atomic mass is 35.5. The van der Waals surface area contributed by atoms with Gasteiger partial charge in [-0.05, 0) is 59.7 Å². The Hall–Kier alpha value is -4.57. The molecule has 1 heterocycles.